The van der Waals surface area contributed by atoms with E-state index in [1.54, 1.807) is 11.3 Å². The van der Waals surface area contributed by atoms with E-state index in [9.17, 15) is 4.79 Å². The van der Waals surface area contributed by atoms with Gasteiger partial charge in [-0.05, 0) is 41.1 Å². The van der Waals surface area contributed by atoms with Crippen LogP contribution in [0.15, 0.2) is 16.8 Å². The molecule has 2 heterocycles. The molecule has 0 bridgehead atoms. The van der Waals surface area contributed by atoms with E-state index in [2.05, 4.69) is 61.7 Å². The Morgan fingerprint density at radius 1 is 1.29 bits per heavy atom. The van der Waals surface area contributed by atoms with Crippen molar-refractivity contribution in [2.24, 2.45) is 11.8 Å². The fraction of sp³-hybridized carbons (Fsp3) is 0.706. The van der Waals surface area contributed by atoms with Gasteiger partial charge in [0.1, 0.15) is 6.17 Å². The summed E-state index contributed by atoms with van der Waals surface area (Å²) in [6.07, 6.45) is 2.15. The standard InChI is InChI=1S/C17H28N2OS/c1-6-11(3)13(5)19-16(14-8-9-21-10-14)18-15(17(19)20)12(4)7-2/h8-13,15-16,18H,6-7H2,1-5H3. The molecule has 4 heteroatoms. The first-order valence-electron chi connectivity index (χ1n) is 8.11. The Morgan fingerprint density at radius 2 is 2.00 bits per heavy atom. The quantitative estimate of drug-likeness (QED) is 0.860. The van der Waals surface area contributed by atoms with Crippen LogP contribution in [0.4, 0.5) is 0 Å². The van der Waals surface area contributed by atoms with Crippen LogP contribution in [0.5, 0.6) is 0 Å². The highest BCUT2D eigenvalue weighted by molar-refractivity contribution is 7.07. The van der Waals surface area contributed by atoms with Crippen LogP contribution in [0.25, 0.3) is 0 Å². The first kappa shape index (κ1) is 16.5. The van der Waals surface area contributed by atoms with Gasteiger partial charge in [0.25, 0.3) is 0 Å². The molecular formula is C17H28N2OS. The Labute approximate surface area is 132 Å². The van der Waals surface area contributed by atoms with E-state index in [-0.39, 0.29) is 24.2 Å². The summed E-state index contributed by atoms with van der Waals surface area (Å²) >= 11 is 1.69. The molecule has 0 saturated carbocycles. The van der Waals surface area contributed by atoms with Gasteiger partial charge in [0.05, 0.1) is 6.04 Å². The van der Waals surface area contributed by atoms with Gasteiger partial charge in [-0.2, -0.15) is 11.3 Å². The predicted molar refractivity (Wildman–Crippen MR) is 89.2 cm³/mol. The molecule has 1 aliphatic rings. The summed E-state index contributed by atoms with van der Waals surface area (Å²) in [5.74, 6) is 1.15. The van der Waals surface area contributed by atoms with Crippen LogP contribution in [-0.2, 0) is 4.79 Å². The Kier molecular flexibility index (Phi) is 5.44. The van der Waals surface area contributed by atoms with E-state index in [0.29, 0.717) is 11.8 Å². The average Bonchev–Trinajstić information content (AvgIpc) is 3.12. The topological polar surface area (TPSA) is 32.3 Å². The molecule has 118 valence electrons. The van der Waals surface area contributed by atoms with Gasteiger partial charge in [-0.3, -0.25) is 10.1 Å². The molecular weight excluding hydrogens is 280 g/mol. The first-order chi connectivity index (χ1) is 10.0. The van der Waals surface area contributed by atoms with Crippen molar-refractivity contribution < 1.29 is 4.79 Å². The first-order valence-corrected chi connectivity index (χ1v) is 9.05. The lowest BCUT2D eigenvalue weighted by atomic mass is 9.96. The molecule has 1 aromatic rings. The van der Waals surface area contributed by atoms with Crippen molar-refractivity contribution in [1.82, 2.24) is 10.2 Å². The van der Waals surface area contributed by atoms with E-state index in [0.717, 1.165) is 12.8 Å². The maximum absolute atomic E-state index is 12.9. The van der Waals surface area contributed by atoms with Crippen LogP contribution in [0, 0.1) is 11.8 Å². The van der Waals surface area contributed by atoms with Crippen LogP contribution in [-0.4, -0.2) is 22.9 Å². The highest BCUT2D eigenvalue weighted by Gasteiger charge is 2.44. The molecule has 1 fully saturated rings. The van der Waals surface area contributed by atoms with Crippen LogP contribution in [0.1, 0.15) is 59.2 Å². The summed E-state index contributed by atoms with van der Waals surface area (Å²) in [4.78, 5) is 15.0. The molecule has 0 radical (unpaired) electrons. The van der Waals surface area contributed by atoms with Crippen molar-refractivity contribution in [1.29, 1.82) is 0 Å². The maximum atomic E-state index is 12.9. The van der Waals surface area contributed by atoms with Crippen molar-refractivity contribution >= 4 is 17.2 Å². The third-order valence-corrected chi connectivity index (χ3v) is 5.82. The number of hydrogen-bond donors (Lipinski definition) is 1. The molecule has 0 aliphatic carbocycles. The Hall–Kier alpha value is -0.870. The number of rotatable bonds is 6. The van der Waals surface area contributed by atoms with E-state index in [1.807, 2.05) is 0 Å². The zero-order valence-corrected chi connectivity index (χ0v) is 14.6. The number of carbonyl (C=O) groups excluding carboxylic acids is 1. The normalized spacial score (nSPS) is 26.9. The Morgan fingerprint density at radius 3 is 2.52 bits per heavy atom. The van der Waals surface area contributed by atoms with Gasteiger partial charge in [-0.1, -0.05) is 40.5 Å². The molecule has 1 aromatic heterocycles. The monoisotopic (exact) mass is 308 g/mol. The van der Waals surface area contributed by atoms with E-state index in [1.165, 1.54) is 5.56 Å². The predicted octanol–water partition coefficient (Wildman–Crippen LogP) is 4.03. The third kappa shape index (κ3) is 3.16. The Balaban J connectivity index is 2.30. The molecule has 5 atom stereocenters. The fourth-order valence-electron chi connectivity index (χ4n) is 2.99. The van der Waals surface area contributed by atoms with Crippen molar-refractivity contribution in [3.05, 3.63) is 22.4 Å². The van der Waals surface area contributed by atoms with Gasteiger partial charge in [-0.15, -0.1) is 0 Å². The molecule has 1 amide bonds. The molecule has 0 aromatic carbocycles. The van der Waals surface area contributed by atoms with E-state index in [4.69, 9.17) is 0 Å². The molecule has 1 aliphatic heterocycles. The summed E-state index contributed by atoms with van der Waals surface area (Å²) in [6.45, 7) is 10.9. The minimum absolute atomic E-state index is 0.0340. The zero-order valence-electron chi connectivity index (χ0n) is 13.8. The van der Waals surface area contributed by atoms with Gasteiger partial charge in [0.2, 0.25) is 5.91 Å². The molecule has 2 rings (SSSR count). The zero-order chi connectivity index (χ0) is 15.6. The lowest BCUT2D eigenvalue weighted by Crippen LogP contribution is -2.42. The van der Waals surface area contributed by atoms with Crippen molar-refractivity contribution in [2.75, 3.05) is 0 Å². The van der Waals surface area contributed by atoms with Crippen LogP contribution in [0.3, 0.4) is 0 Å². The number of carbonyl (C=O) groups is 1. The van der Waals surface area contributed by atoms with E-state index < -0.39 is 0 Å². The molecule has 0 spiro atoms. The number of hydrogen-bond acceptors (Lipinski definition) is 3. The molecule has 5 unspecified atom stereocenters. The summed E-state index contributed by atoms with van der Waals surface area (Å²) in [7, 11) is 0. The summed E-state index contributed by atoms with van der Waals surface area (Å²) in [5, 5.41) is 7.83. The molecule has 3 nitrogen and oxygen atoms in total. The number of amides is 1. The second-order valence-electron chi connectivity index (χ2n) is 6.36. The summed E-state index contributed by atoms with van der Waals surface area (Å²) < 4.78 is 0. The maximum Gasteiger partial charge on any atom is 0.241 e. The smallest absolute Gasteiger partial charge is 0.241 e. The highest BCUT2D eigenvalue weighted by Crippen LogP contribution is 2.34. The lowest BCUT2D eigenvalue weighted by molar-refractivity contribution is -0.133. The number of nitrogens with one attached hydrogen (secondary N) is 1. The lowest BCUT2D eigenvalue weighted by Gasteiger charge is -2.33. The van der Waals surface area contributed by atoms with Crippen molar-refractivity contribution in [2.45, 2.75) is 65.7 Å². The van der Waals surface area contributed by atoms with Crippen LogP contribution in [0.2, 0.25) is 0 Å². The van der Waals surface area contributed by atoms with Gasteiger partial charge < -0.3 is 4.90 Å². The largest absolute Gasteiger partial charge is 0.319 e. The third-order valence-electron chi connectivity index (χ3n) is 5.11. The molecule has 1 N–H and O–H groups in total. The average molecular weight is 308 g/mol. The number of nitrogens with zero attached hydrogens (tertiary/aromatic N) is 1. The van der Waals surface area contributed by atoms with Gasteiger partial charge >= 0.3 is 0 Å². The Bertz CT molecular complexity index is 459. The highest BCUT2D eigenvalue weighted by atomic mass is 32.1. The fourth-order valence-corrected chi connectivity index (χ4v) is 3.67. The second-order valence-corrected chi connectivity index (χ2v) is 7.14. The van der Waals surface area contributed by atoms with Crippen molar-refractivity contribution in [3.8, 4) is 0 Å². The minimum Gasteiger partial charge on any atom is -0.319 e. The van der Waals surface area contributed by atoms with Gasteiger partial charge in [-0.25, -0.2) is 0 Å². The van der Waals surface area contributed by atoms with Gasteiger partial charge in [0.15, 0.2) is 0 Å². The molecule has 21 heavy (non-hydrogen) atoms. The molecule has 1 saturated heterocycles. The van der Waals surface area contributed by atoms with E-state index >= 15 is 0 Å². The van der Waals surface area contributed by atoms with Crippen LogP contribution >= 0.6 is 11.3 Å². The van der Waals surface area contributed by atoms with Crippen LogP contribution < -0.4 is 5.32 Å². The number of thiophene rings is 1. The second kappa shape index (κ2) is 6.93. The SMILES string of the molecule is CCC(C)C1NC(c2ccsc2)N(C(C)C(C)CC)C1=O. The summed E-state index contributed by atoms with van der Waals surface area (Å²) in [5.41, 5.74) is 1.22. The van der Waals surface area contributed by atoms with Gasteiger partial charge in [0, 0.05) is 6.04 Å². The van der Waals surface area contributed by atoms with Crippen molar-refractivity contribution in [3.63, 3.8) is 0 Å². The minimum atomic E-state index is -0.0496. The summed E-state index contributed by atoms with van der Waals surface area (Å²) in [6, 6.07) is 2.34.